The third kappa shape index (κ3) is 4.25. The molecule has 100 valence electrons. The van der Waals surface area contributed by atoms with E-state index in [0.29, 0.717) is 11.3 Å². The fourth-order valence-corrected chi connectivity index (χ4v) is 1.22. The largest absolute Gasteiger partial charge is 0.497 e. The van der Waals surface area contributed by atoms with Gasteiger partial charge in [0.2, 0.25) is 5.84 Å². The Labute approximate surface area is 103 Å². The minimum absolute atomic E-state index is 0.0620. The molecule has 0 aliphatic heterocycles. The minimum atomic E-state index is -4.50. The molecule has 0 atom stereocenters. The molecule has 0 saturated heterocycles. The number of hydrazine groups is 1. The molecule has 0 aliphatic carbocycles. The number of methoxy groups -OCH3 is 1. The van der Waals surface area contributed by atoms with Gasteiger partial charge in [0, 0.05) is 7.05 Å². The number of alkyl halides is 3. The number of nitrogens with one attached hydrogen (secondary N) is 2. The molecule has 0 spiro atoms. The Kier molecular flexibility index (Phi) is 4.96. The minimum Gasteiger partial charge on any atom is -0.497 e. The normalized spacial score (nSPS) is 12.4. The maximum atomic E-state index is 12.5. The number of amidine groups is 1. The van der Waals surface area contributed by atoms with Crippen LogP contribution in [-0.4, -0.2) is 26.2 Å². The second-order valence-corrected chi connectivity index (χ2v) is 3.39. The fraction of sp³-hybridized carbons (Fsp3) is 0.364. The molecule has 0 aliphatic rings. The molecule has 2 N–H and O–H groups in total. The standard InChI is InChI=1S/C11H14F3N3O/c1-15-17-10(11(12,13)14)16-7-8-3-5-9(18-2)6-4-8/h3-6,15H,7H2,1-2H3,(H,16,17). The van der Waals surface area contributed by atoms with E-state index in [-0.39, 0.29) is 6.54 Å². The predicted molar refractivity (Wildman–Crippen MR) is 62.4 cm³/mol. The number of aliphatic imine (C=N–C) groups is 1. The Balaban J connectivity index is 2.75. The molecule has 0 unspecified atom stereocenters. The van der Waals surface area contributed by atoms with Crippen molar-refractivity contribution in [1.29, 1.82) is 0 Å². The van der Waals surface area contributed by atoms with Crippen molar-refractivity contribution in [1.82, 2.24) is 10.9 Å². The number of benzene rings is 1. The first-order chi connectivity index (χ1) is 8.47. The highest BCUT2D eigenvalue weighted by atomic mass is 19.4. The van der Waals surface area contributed by atoms with Gasteiger partial charge in [0.05, 0.1) is 13.7 Å². The molecule has 0 heterocycles. The Hall–Kier alpha value is -1.76. The van der Waals surface area contributed by atoms with Crippen LogP contribution in [0.5, 0.6) is 5.75 Å². The summed E-state index contributed by atoms with van der Waals surface area (Å²) >= 11 is 0. The zero-order valence-corrected chi connectivity index (χ0v) is 10.0. The summed E-state index contributed by atoms with van der Waals surface area (Å²) in [6, 6.07) is 6.67. The van der Waals surface area contributed by atoms with Gasteiger partial charge in [0.15, 0.2) is 0 Å². The second kappa shape index (κ2) is 6.25. The van der Waals surface area contributed by atoms with E-state index in [0.717, 1.165) is 0 Å². The monoisotopic (exact) mass is 261 g/mol. The summed E-state index contributed by atoms with van der Waals surface area (Å²) in [7, 11) is 2.86. The third-order valence-corrected chi connectivity index (χ3v) is 2.09. The number of halogens is 3. The van der Waals surface area contributed by atoms with E-state index in [1.807, 2.05) is 5.43 Å². The Bertz CT molecular complexity index is 401. The van der Waals surface area contributed by atoms with E-state index in [9.17, 15) is 13.2 Å². The van der Waals surface area contributed by atoms with Gasteiger partial charge in [-0.25, -0.2) is 5.43 Å². The van der Waals surface area contributed by atoms with Crippen LogP contribution in [0, 0.1) is 0 Å². The first kappa shape index (κ1) is 14.3. The van der Waals surface area contributed by atoms with Crippen LogP contribution in [0.4, 0.5) is 13.2 Å². The Morgan fingerprint density at radius 3 is 2.33 bits per heavy atom. The highest BCUT2D eigenvalue weighted by Crippen LogP contribution is 2.17. The van der Waals surface area contributed by atoms with E-state index in [1.54, 1.807) is 24.3 Å². The van der Waals surface area contributed by atoms with E-state index in [4.69, 9.17) is 4.74 Å². The summed E-state index contributed by atoms with van der Waals surface area (Å²) < 4.78 is 42.4. The summed E-state index contributed by atoms with van der Waals surface area (Å²) in [5.74, 6) is -0.409. The highest BCUT2D eigenvalue weighted by Gasteiger charge is 2.35. The molecule has 0 saturated carbocycles. The number of nitrogens with zero attached hydrogens (tertiary/aromatic N) is 1. The van der Waals surface area contributed by atoms with Gasteiger partial charge >= 0.3 is 6.18 Å². The predicted octanol–water partition coefficient (Wildman–Crippen LogP) is 1.88. The lowest BCUT2D eigenvalue weighted by Crippen LogP contribution is -2.43. The first-order valence-electron chi connectivity index (χ1n) is 5.14. The molecule has 0 bridgehead atoms. The van der Waals surface area contributed by atoms with Gasteiger partial charge in [-0.15, -0.1) is 0 Å². The number of ether oxygens (including phenoxy) is 1. The summed E-state index contributed by atoms with van der Waals surface area (Å²) in [6.07, 6.45) is -4.50. The fourth-order valence-electron chi connectivity index (χ4n) is 1.22. The van der Waals surface area contributed by atoms with Crippen molar-refractivity contribution >= 4 is 5.84 Å². The van der Waals surface area contributed by atoms with Crippen LogP contribution < -0.4 is 15.6 Å². The zero-order valence-electron chi connectivity index (χ0n) is 10.0. The molecular weight excluding hydrogens is 247 g/mol. The average Bonchev–Trinajstić information content (AvgIpc) is 2.33. The van der Waals surface area contributed by atoms with Crippen LogP contribution in [0.1, 0.15) is 5.56 Å². The van der Waals surface area contributed by atoms with Crippen LogP contribution in [0.2, 0.25) is 0 Å². The summed E-state index contributed by atoms with van der Waals surface area (Å²) in [5, 5.41) is 0. The van der Waals surface area contributed by atoms with E-state index in [1.165, 1.54) is 14.2 Å². The van der Waals surface area contributed by atoms with Gasteiger partial charge < -0.3 is 10.2 Å². The quantitative estimate of drug-likeness (QED) is 0.494. The van der Waals surface area contributed by atoms with E-state index < -0.39 is 12.0 Å². The lowest BCUT2D eigenvalue weighted by atomic mass is 10.2. The van der Waals surface area contributed by atoms with Crippen molar-refractivity contribution in [2.24, 2.45) is 4.99 Å². The van der Waals surface area contributed by atoms with Gasteiger partial charge in [0.25, 0.3) is 0 Å². The average molecular weight is 261 g/mol. The molecule has 0 fully saturated rings. The summed E-state index contributed by atoms with van der Waals surface area (Å²) in [4.78, 5) is 3.49. The van der Waals surface area contributed by atoms with Crippen molar-refractivity contribution in [3.63, 3.8) is 0 Å². The molecule has 4 nitrogen and oxygen atoms in total. The molecule has 1 aromatic carbocycles. The van der Waals surface area contributed by atoms with Gasteiger partial charge in [-0.05, 0) is 17.7 Å². The Morgan fingerprint density at radius 2 is 1.89 bits per heavy atom. The smallest absolute Gasteiger partial charge is 0.450 e. The molecule has 18 heavy (non-hydrogen) atoms. The van der Waals surface area contributed by atoms with E-state index in [2.05, 4.69) is 10.4 Å². The topological polar surface area (TPSA) is 45.7 Å². The van der Waals surface area contributed by atoms with Gasteiger partial charge in [-0.1, -0.05) is 12.1 Å². The Morgan fingerprint density at radius 1 is 1.28 bits per heavy atom. The molecule has 0 amide bonds. The van der Waals surface area contributed by atoms with Crippen molar-refractivity contribution in [3.05, 3.63) is 29.8 Å². The summed E-state index contributed by atoms with van der Waals surface area (Å²) in [6.45, 7) is -0.0620. The lowest BCUT2D eigenvalue weighted by molar-refractivity contribution is -0.0626. The number of hydrogen-bond donors (Lipinski definition) is 2. The maximum Gasteiger partial charge on any atom is 0.450 e. The SMILES string of the molecule is CNNC(=NCc1ccc(OC)cc1)C(F)(F)F. The van der Waals surface area contributed by atoms with Crippen molar-refractivity contribution in [3.8, 4) is 5.75 Å². The molecule has 0 aromatic heterocycles. The molecule has 7 heteroatoms. The van der Waals surface area contributed by atoms with Gasteiger partial charge in [0.1, 0.15) is 5.75 Å². The maximum absolute atomic E-state index is 12.5. The third-order valence-electron chi connectivity index (χ3n) is 2.09. The van der Waals surface area contributed by atoms with E-state index >= 15 is 0 Å². The van der Waals surface area contributed by atoms with Crippen LogP contribution >= 0.6 is 0 Å². The van der Waals surface area contributed by atoms with Crippen molar-refractivity contribution < 1.29 is 17.9 Å². The molecular formula is C11H14F3N3O. The van der Waals surface area contributed by atoms with Gasteiger partial charge in [-0.2, -0.15) is 13.2 Å². The van der Waals surface area contributed by atoms with Crippen LogP contribution in [0.3, 0.4) is 0 Å². The molecule has 1 rings (SSSR count). The first-order valence-corrected chi connectivity index (χ1v) is 5.14. The molecule has 1 aromatic rings. The number of hydrogen-bond acceptors (Lipinski definition) is 3. The molecule has 0 radical (unpaired) electrons. The van der Waals surface area contributed by atoms with Crippen molar-refractivity contribution in [2.45, 2.75) is 12.7 Å². The van der Waals surface area contributed by atoms with Crippen molar-refractivity contribution in [2.75, 3.05) is 14.2 Å². The van der Waals surface area contributed by atoms with Crippen LogP contribution in [0.15, 0.2) is 29.3 Å². The zero-order chi connectivity index (χ0) is 13.6. The number of rotatable bonds is 4. The van der Waals surface area contributed by atoms with Crippen LogP contribution in [0.25, 0.3) is 0 Å². The van der Waals surface area contributed by atoms with Crippen LogP contribution in [-0.2, 0) is 6.54 Å². The highest BCUT2D eigenvalue weighted by molar-refractivity contribution is 5.87. The lowest BCUT2D eigenvalue weighted by Gasteiger charge is -2.11. The summed E-state index contributed by atoms with van der Waals surface area (Å²) in [5.41, 5.74) is 4.84. The second-order valence-electron chi connectivity index (χ2n) is 3.39. The van der Waals surface area contributed by atoms with Gasteiger partial charge in [-0.3, -0.25) is 4.99 Å².